The summed E-state index contributed by atoms with van der Waals surface area (Å²) in [6.07, 6.45) is 4.90. The van der Waals surface area contributed by atoms with Crippen LogP contribution in [0.5, 0.6) is 5.75 Å². The van der Waals surface area contributed by atoms with Crippen molar-refractivity contribution in [3.8, 4) is 5.75 Å². The van der Waals surface area contributed by atoms with Gasteiger partial charge >= 0.3 is 0 Å². The molecule has 8 nitrogen and oxygen atoms in total. The number of aliphatic hydroxyl groups excluding tert-OH is 2. The van der Waals surface area contributed by atoms with E-state index in [9.17, 15) is 23.7 Å². The molecule has 0 radical (unpaired) electrons. The Bertz CT molecular complexity index is 952. The number of hydrogen-bond acceptors (Lipinski definition) is 7. The van der Waals surface area contributed by atoms with Crippen LogP contribution in [-0.4, -0.2) is 50.0 Å². The van der Waals surface area contributed by atoms with Crippen LogP contribution in [0, 0.1) is 0 Å². The lowest BCUT2D eigenvalue weighted by atomic mass is 10.1. The van der Waals surface area contributed by atoms with Gasteiger partial charge in [-0.05, 0) is 80.5 Å². The van der Waals surface area contributed by atoms with Crippen LogP contribution in [0.3, 0.4) is 0 Å². The molecule has 0 aromatic heterocycles. The minimum atomic E-state index is -3.66. The Labute approximate surface area is 196 Å². The maximum Gasteiger partial charge on any atom is 0.238 e. The molecule has 0 bridgehead atoms. The molecule has 0 saturated heterocycles. The second-order valence-electron chi connectivity index (χ2n) is 8.09. The molecule has 0 aliphatic carbocycles. The molecule has 0 fully saturated rings. The van der Waals surface area contributed by atoms with E-state index >= 15 is 0 Å². The number of sulfonamides is 1. The van der Waals surface area contributed by atoms with Gasteiger partial charge in [0, 0.05) is 25.3 Å². The molecule has 2 aromatic rings. The zero-order valence-electron chi connectivity index (χ0n) is 18.9. The number of unbranched alkanes of at least 4 members (excludes halogenated alkanes) is 3. The van der Waals surface area contributed by atoms with Crippen molar-refractivity contribution in [1.29, 1.82) is 0 Å². The Kier molecular flexibility index (Phi) is 11.8. The number of aliphatic hydroxyl groups is 2. The summed E-state index contributed by atoms with van der Waals surface area (Å²) in [4.78, 5) is 0.149. The number of aryl methyl sites for hydroxylation is 1. The van der Waals surface area contributed by atoms with Gasteiger partial charge in [-0.3, -0.25) is 0 Å². The molecule has 0 unspecified atom stereocenters. The molecular weight excluding hydrogens is 444 g/mol. The van der Waals surface area contributed by atoms with Crippen molar-refractivity contribution in [3.63, 3.8) is 0 Å². The number of nitrogens with two attached hydrogens (primary N) is 1. The Morgan fingerprint density at radius 2 is 1.76 bits per heavy atom. The first-order valence-electron chi connectivity index (χ1n) is 11.3. The molecule has 6 N–H and O–H groups in total. The van der Waals surface area contributed by atoms with Gasteiger partial charge in [-0.15, -0.1) is 0 Å². The lowest BCUT2D eigenvalue weighted by molar-refractivity contribution is 0.126. The maximum absolute atomic E-state index is 11.4. The molecule has 184 valence electrons. The normalized spacial score (nSPS) is 12.7. The maximum atomic E-state index is 11.4. The highest BCUT2D eigenvalue weighted by Crippen LogP contribution is 2.22. The second-order valence-corrected chi connectivity index (χ2v) is 9.65. The number of benzene rings is 2. The SMILES string of the molecule is NS(=O)(=O)c1cccc(CCCCOCCCCCNC[C@H](O)c2ccc(O)c(CO)c2)c1. The molecule has 0 aliphatic heterocycles. The van der Waals surface area contributed by atoms with E-state index in [-0.39, 0.29) is 17.3 Å². The molecule has 2 rings (SSSR count). The highest BCUT2D eigenvalue weighted by molar-refractivity contribution is 7.89. The topological polar surface area (TPSA) is 142 Å². The van der Waals surface area contributed by atoms with Crippen molar-refractivity contribution in [2.24, 2.45) is 5.14 Å². The summed E-state index contributed by atoms with van der Waals surface area (Å²) in [5.41, 5.74) is 2.02. The van der Waals surface area contributed by atoms with E-state index in [0.29, 0.717) is 30.9 Å². The molecule has 0 saturated carbocycles. The van der Waals surface area contributed by atoms with Gasteiger partial charge in [0.1, 0.15) is 5.75 Å². The Morgan fingerprint density at radius 1 is 1.00 bits per heavy atom. The van der Waals surface area contributed by atoms with Gasteiger partial charge in [0.15, 0.2) is 0 Å². The molecule has 2 aromatic carbocycles. The molecular formula is C24H36N2O6S. The van der Waals surface area contributed by atoms with Gasteiger partial charge in [0.05, 0.1) is 17.6 Å². The molecule has 9 heteroatoms. The summed E-state index contributed by atoms with van der Waals surface area (Å²) in [7, 11) is -3.66. The van der Waals surface area contributed by atoms with E-state index in [1.165, 1.54) is 12.1 Å². The molecule has 33 heavy (non-hydrogen) atoms. The Hall–Kier alpha value is -2.01. The molecule has 0 heterocycles. The van der Waals surface area contributed by atoms with Crippen LogP contribution < -0.4 is 10.5 Å². The first-order valence-corrected chi connectivity index (χ1v) is 12.9. The second kappa shape index (κ2) is 14.3. The predicted octanol–water partition coefficient (Wildman–Crippen LogP) is 2.36. The highest BCUT2D eigenvalue weighted by atomic mass is 32.2. The summed E-state index contributed by atoms with van der Waals surface area (Å²) in [5, 5.41) is 37.4. The van der Waals surface area contributed by atoms with Crippen LogP contribution in [0.4, 0.5) is 0 Å². The van der Waals surface area contributed by atoms with Crippen LogP contribution in [0.25, 0.3) is 0 Å². The number of primary sulfonamides is 1. The standard InChI is InChI=1S/C24H36N2O6S/c25-33(30,31)22-9-6-8-19(15-22)7-2-5-14-32-13-4-1-3-12-26-17-24(29)20-10-11-23(28)21(16-20)18-27/h6,8-11,15-16,24,26-29H,1-5,7,12-14,17-18H2,(H2,25,30,31)/t24-/m0/s1. The minimum Gasteiger partial charge on any atom is -0.508 e. The van der Waals surface area contributed by atoms with E-state index in [2.05, 4.69) is 5.32 Å². The Balaban J connectivity index is 1.46. The summed E-state index contributed by atoms with van der Waals surface area (Å²) < 4.78 is 28.5. The quantitative estimate of drug-likeness (QED) is 0.232. The number of hydrogen-bond donors (Lipinski definition) is 5. The van der Waals surface area contributed by atoms with Gasteiger partial charge < -0.3 is 25.4 Å². The van der Waals surface area contributed by atoms with Crippen LogP contribution in [-0.2, 0) is 27.8 Å². The van der Waals surface area contributed by atoms with Crippen molar-refractivity contribution in [2.45, 2.75) is 56.1 Å². The summed E-state index contributed by atoms with van der Waals surface area (Å²) in [5.74, 6) is 0.0264. The number of rotatable bonds is 16. The summed E-state index contributed by atoms with van der Waals surface area (Å²) >= 11 is 0. The lowest BCUT2D eigenvalue weighted by Gasteiger charge is -2.14. The minimum absolute atomic E-state index is 0.0264. The van der Waals surface area contributed by atoms with Crippen LogP contribution >= 0.6 is 0 Å². The first kappa shape index (κ1) is 27.2. The van der Waals surface area contributed by atoms with E-state index in [4.69, 9.17) is 9.88 Å². The Morgan fingerprint density at radius 3 is 2.48 bits per heavy atom. The third-order valence-corrected chi connectivity index (χ3v) is 6.28. The fraction of sp³-hybridized carbons (Fsp3) is 0.500. The number of ether oxygens (including phenoxy) is 1. The van der Waals surface area contributed by atoms with Gasteiger partial charge in [0.25, 0.3) is 0 Å². The summed E-state index contributed by atoms with van der Waals surface area (Å²) in [6, 6.07) is 11.5. The fourth-order valence-corrected chi connectivity index (χ4v) is 4.02. The molecule has 0 spiro atoms. The molecule has 0 amide bonds. The van der Waals surface area contributed by atoms with Crippen LogP contribution in [0.2, 0.25) is 0 Å². The average Bonchev–Trinajstić information content (AvgIpc) is 2.79. The fourth-order valence-electron chi connectivity index (χ4n) is 3.44. The van der Waals surface area contributed by atoms with Gasteiger partial charge in [-0.2, -0.15) is 0 Å². The van der Waals surface area contributed by atoms with E-state index in [1.807, 2.05) is 6.07 Å². The highest BCUT2D eigenvalue weighted by Gasteiger charge is 2.10. The van der Waals surface area contributed by atoms with Crippen molar-refractivity contribution in [2.75, 3.05) is 26.3 Å². The van der Waals surface area contributed by atoms with E-state index < -0.39 is 16.1 Å². The molecule has 0 aliphatic rings. The zero-order chi connectivity index (χ0) is 24.1. The smallest absolute Gasteiger partial charge is 0.238 e. The number of phenols is 1. The number of nitrogens with one attached hydrogen (secondary N) is 1. The average molecular weight is 481 g/mol. The van der Waals surface area contributed by atoms with E-state index in [0.717, 1.165) is 50.6 Å². The van der Waals surface area contributed by atoms with E-state index in [1.54, 1.807) is 24.3 Å². The van der Waals surface area contributed by atoms with Crippen LogP contribution in [0.1, 0.15) is 54.9 Å². The van der Waals surface area contributed by atoms with Crippen LogP contribution in [0.15, 0.2) is 47.4 Å². The number of aromatic hydroxyl groups is 1. The first-order chi connectivity index (χ1) is 15.8. The van der Waals surface area contributed by atoms with Crippen molar-refractivity contribution in [3.05, 3.63) is 59.2 Å². The van der Waals surface area contributed by atoms with Gasteiger partial charge in [-0.1, -0.05) is 18.2 Å². The van der Waals surface area contributed by atoms with Gasteiger partial charge in [0.2, 0.25) is 10.0 Å². The largest absolute Gasteiger partial charge is 0.508 e. The van der Waals surface area contributed by atoms with Gasteiger partial charge in [-0.25, -0.2) is 13.6 Å². The molecule has 1 atom stereocenters. The zero-order valence-corrected chi connectivity index (χ0v) is 19.8. The third-order valence-electron chi connectivity index (χ3n) is 5.37. The predicted molar refractivity (Wildman–Crippen MR) is 127 cm³/mol. The van der Waals surface area contributed by atoms with Crippen molar-refractivity contribution < 1.29 is 28.5 Å². The lowest BCUT2D eigenvalue weighted by Crippen LogP contribution is -2.22. The van der Waals surface area contributed by atoms with Crippen molar-refractivity contribution >= 4 is 10.0 Å². The summed E-state index contributed by atoms with van der Waals surface area (Å²) in [6.45, 7) is 2.32. The monoisotopic (exact) mass is 480 g/mol. The third kappa shape index (κ3) is 10.2. The van der Waals surface area contributed by atoms with Crippen molar-refractivity contribution in [1.82, 2.24) is 5.32 Å².